The number of nitrogens with zero attached hydrogens (tertiary/aromatic N) is 3. The lowest BCUT2D eigenvalue weighted by Crippen LogP contribution is -2.42. The minimum absolute atomic E-state index is 0.436. The molecule has 104 valence electrons. The fraction of sp³-hybridized carbons (Fsp3) is 0.929. The molecule has 2 heterocycles. The Kier molecular flexibility index (Phi) is 4.15. The van der Waals surface area contributed by atoms with E-state index in [2.05, 4.69) is 41.0 Å². The van der Waals surface area contributed by atoms with Gasteiger partial charge in [-0.2, -0.15) is 0 Å². The number of nitrogens with one attached hydrogen (secondary N) is 1. The molecule has 0 aromatic carbocycles. The van der Waals surface area contributed by atoms with Gasteiger partial charge in [-0.25, -0.2) is 0 Å². The van der Waals surface area contributed by atoms with Gasteiger partial charge in [0.1, 0.15) is 0 Å². The average molecular weight is 252 g/mol. The van der Waals surface area contributed by atoms with Crippen molar-refractivity contribution < 1.29 is 0 Å². The smallest absolute Gasteiger partial charge is 0.193 e. The molecular formula is C14H28N4. The van der Waals surface area contributed by atoms with Crippen molar-refractivity contribution in [2.24, 2.45) is 16.3 Å². The maximum Gasteiger partial charge on any atom is 0.193 e. The van der Waals surface area contributed by atoms with Gasteiger partial charge in [-0.3, -0.25) is 4.99 Å². The van der Waals surface area contributed by atoms with Gasteiger partial charge in [0.15, 0.2) is 5.96 Å². The zero-order chi connectivity index (χ0) is 13.2. The summed E-state index contributed by atoms with van der Waals surface area (Å²) in [6, 6.07) is 0. The first kappa shape index (κ1) is 13.7. The minimum atomic E-state index is 0.436. The highest BCUT2D eigenvalue weighted by atomic mass is 15.3. The van der Waals surface area contributed by atoms with E-state index in [0.717, 1.165) is 31.5 Å². The molecule has 0 radical (unpaired) electrons. The molecule has 0 aromatic rings. The highest BCUT2D eigenvalue weighted by molar-refractivity contribution is 5.80. The van der Waals surface area contributed by atoms with E-state index in [1.54, 1.807) is 0 Å². The molecule has 4 heteroatoms. The molecule has 2 fully saturated rings. The third kappa shape index (κ3) is 3.37. The van der Waals surface area contributed by atoms with E-state index in [4.69, 9.17) is 0 Å². The van der Waals surface area contributed by atoms with Crippen molar-refractivity contribution in [3.63, 3.8) is 0 Å². The molecule has 0 spiro atoms. The zero-order valence-electron chi connectivity index (χ0n) is 12.4. The second-order valence-electron chi connectivity index (χ2n) is 6.68. The van der Waals surface area contributed by atoms with E-state index < -0.39 is 0 Å². The molecule has 0 amide bonds. The van der Waals surface area contributed by atoms with Gasteiger partial charge < -0.3 is 15.1 Å². The Balaban J connectivity index is 1.80. The summed E-state index contributed by atoms with van der Waals surface area (Å²) in [5.74, 6) is 1.87. The van der Waals surface area contributed by atoms with Crippen molar-refractivity contribution in [3.05, 3.63) is 0 Å². The van der Waals surface area contributed by atoms with Gasteiger partial charge in [0.2, 0.25) is 0 Å². The number of aliphatic imine (C=N–C) groups is 1. The van der Waals surface area contributed by atoms with Crippen molar-refractivity contribution in [1.29, 1.82) is 0 Å². The first-order chi connectivity index (χ1) is 8.50. The lowest BCUT2D eigenvalue weighted by Gasteiger charge is -2.24. The van der Waals surface area contributed by atoms with Crippen LogP contribution >= 0.6 is 0 Å². The molecule has 18 heavy (non-hydrogen) atoms. The molecule has 1 unspecified atom stereocenters. The molecule has 1 N–H and O–H groups in total. The molecule has 0 saturated carbocycles. The van der Waals surface area contributed by atoms with Crippen LogP contribution in [0.5, 0.6) is 0 Å². The van der Waals surface area contributed by atoms with Crippen molar-refractivity contribution in [1.82, 2.24) is 15.1 Å². The predicted octanol–water partition coefficient (Wildman–Crippen LogP) is 1.25. The van der Waals surface area contributed by atoms with Crippen molar-refractivity contribution in [2.45, 2.75) is 26.7 Å². The Morgan fingerprint density at radius 2 is 2.17 bits per heavy atom. The summed E-state index contributed by atoms with van der Waals surface area (Å²) in [5, 5.41) is 3.56. The topological polar surface area (TPSA) is 30.9 Å². The largest absolute Gasteiger partial charge is 0.356 e. The van der Waals surface area contributed by atoms with E-state index in [1.807, 2.05) is 7.05 Å². The van der Waals surface area contributed by atoms with Gasteiger partial charge in [0, 0.05) is 33.2 Å². The van der Waals surface area contributed by atoms with Crippen molar-refractivity contribution >= 4 is 5.96 Å². The third-order valence-electron chi connectivity index (χ3n) is 4.23. The fourth-order valence-electron chi connectivity index (χ4n) is 3.05. The van der Waals surface area contributed by atoms with E-state index >= 15 is 0 Å². The van der Waals surface area contributed by atoms with E-state index in [0.29, 0.717) is 5.41 Å². The van der Waals surface area contributed by atoms with Crippen LogP contribution in [0.2, 0.25) is 0 Å². The number of likely N-dealkylation sites (tertiary alicyclic amines) is 2. The second-order valence-corrected chi connectivity index (χ2v) is 6.68. The van der Waals surface area contributed by atoms with Crippen LogP contribution in [0.25, 0.3) is 0 Å². The highest BCUT2D eigenvalue weighted by Gasteiger charge is 2.31. The Labute approximate surface area is 111 Å². The average Bonchev–Trinajstić information content (AvgIpc) is 2.86. The molecule has 2 aliphatic heterocycles. The Hall–Kier alpha value is -0.770. The summed E-state index contributed by atoms with van der Waals surface area (Å²) >= 11 is 0. The van der Waals surface area contributed by atoms with Crippen LogP contribution in [0.15, 0.2) is 4.99 Å². The SMILES string of the molecule is CN=C(NCC1CCN(C)C1)N1CCC(C)(C)C1. The van der Waals surface area contributed by atoms with Crippen LogP contribution in [0.3, 0.4) is 0 Å². The quantitative estimate of drug-likeness (QED) is 0.593. The number of hydrogen-bond acceptors (Lipinski definition) is 2. The van der Waals surface area contributed by atoms with E-state index in [1.165, 1.54) is 25.9 Å². The Bertz CT molecular complexity index is 311. The van der Waals surface area contributed by atoms with Gasteiger partial charge in [-0.05, 0) is 37.8 Å². The maximum absolute atomic E-state index is 4.43. The first-order valence-corrected chi connectivity index (χ1v) is 7.14. The molecule has 1 atom stereocenters. The van der Waals surface area contributed by atoms with Gasteiger partial charge in [-0.1, -0.05) is 13.8 Å². The van der Waals surface area contributed by atoms with Crippen LogP contribution in [0.1, 0.15) is 26.7 Å². The third-order valence-corrected chi connectivity index (χ3v) is 4.23. The predicted molar refractivity (Wildman–Crippen MR) is 76.9 cm³/mol. The number of hydrogen-bond donors (Lipinski definition) is 1. The second kappa shape index (κ2) is 5.47. The first-order valence-electron chi connectivity index (χ1n) is 7.14. The molecule has 2 saturated heterocycles. The molecule has 0 aromatic heterocycles. The van der Waals surface area contributed by atoms with E-state index in [9.17, 15) is 0 Å². The summed E-state index contributed by atoms with van der Waals surface area (Å²) in [4.78, 5) is 9.25. The minimum Gasteiger partial charge on any atom is -0.356 e. The normalized spacial score (nSPS) is 29.0. The van der Waals surface area contributed by atoms with E-state index in [-0.39, 0.29) is 0 Å². The summed E-state index contributed by atoms with van der Waals surface area (Å²) in [5.41, 5.74) is 0.436. The van der Waals surface area contributed by atoms with Gasteiger partial charge in [0.05, 0.1) is 0 Å². The summed E-state index contributed by atoms with van der Waals surface area (Å²) in [7, 11) is 4.10. The monoisotopic (exact) mass is 252 g/mol. The summed E-state index contributed by atoms with van der Waals surface area (Å²) < 4.78 is 0. The lowest BCUT2D eigenvalue weighted by atomic mass is 9.93. The standard InChI is InChI=1S/C14H28N4/c1-14(2)6-8-18(11-14)13(15-3)16-9-12-5-7-17(4)10-12/h12H,5-11H2,1-4H3,(H,15,16). The number of guanidine groups is 1. The maximum atomic E-state index is 4.43. The molecule has 0 bridgehead atoms. The van der Waals surface area contributed by atoms with Crippen LogP contribution in [0.4, 0.5) is 0 Å². The van der Waals surface area contributed by atoms with Crippen molar-refractivity contribution in [3.8, 4) is 0 Å². The molecule has 4 nitrogen and oxygen atoms in total. The van der Waals surface area contributed by atoms with Gasteiger partial charge in [0.25, 0.3) is 0 Å². The number of rotatable bonds is 2. The van der Waals surface area contributed by atoms with Crippen LogP contribution in [0, 0.1) is 11.3 Å². The Morgan fingerprint density at radius 3 is 2.67 bits per heavy atom. The zero-order valence-corrected chi connectivity index (χ0v) is 12.4. The summed E-state index contributed by atoms with van der Waals surface area (Å²) in [6.07, 6.45) is 2.58. The fourth-order valence-corrected chi connectivity index (χ4v) is 3.05. The molecule has 2 rings (SSSR count). The molecule has 0 aliphatic carbocycles. The molecule has 2 aliphatic rings. The van der Waals surface area contributed by atoms with Crippen LogP contribution < -0.4 is 5.32 Å². The highest BCUT2D eigenvalue weighted by Crippen LogP contribution is 2.28. The summed E-state index contributed by atoms with van der Waals surface area (Å²) in [6.45, 7) is 10.5. The molecular weight excluding hydrogens is 224 g/mol. The van der Waals surface area contributed by atoms with Gasteiger partial charge in [-0.15, -0.1) is 0 Å². The lowest BCUT2D eigenvalue weighted by molar-refractivity contribution is 0.365. The van der Waals surface area contributed by atoms with Crippen LogP contribution in [-0.2, 0) is 0 Å². The Morgan fingerprint density at radius 1 is 1.39 bits per heavy atom. The van der Waals surface area contributed by atoms with Gasteiger partial charge >= 0.3 is 0 Å². The van der Waals surface area contributed by atoms with Crippen molar-refractivity contribution in [2.75, 3.05) is 46.8 Å². The van der Waals surface area contributed by atoms with Crippen LogP contribution in [-0.4, -0.2) is 62.6 Å².